The number of likely N-dealkylation sites (tertiary alicyclic amines) is 2. The van der Waals surface area contributed by atoms with Gasteiger partial charge in [0.15, 0.2) is 0 Å². The number of hydrogen-bond acceptors (Lipinski definition) is 3. The first-order valence-corrected chi connectivity index (χ1v) is 7.86. The van der Waals surface area contributed by atoms with Gasteiger partial charge in [-0.15, -0.1) is 0 Å². The Balaban J connectivity index is 1.66. The second-order valence-corrected chi connectivity index (χ2v) is 6.51. The fraction of sp³-hybridized carbons (Fsp3) is 0.688. The van der Waals surface area contributed by atoms with E-state index in [1.807, 2.05) is 12.2 Å². The van der Waals surface area contributed by atoms with Crippen molar-refractivity contribution >= 4 is 17.7 Å². The summed E-state index contributed by atoms with van der Waals surface area (Å²) in [4.78, 5) is 40.0. The van der Waals surface area contributed by atoms with Gasteiger partial charge in [-0.3, -0.25) is 19.3 Å². The number of nitrogens with zero attached hydrogens (tertiary/aromatic N) is 2. The average Bonchev–Trinajstić information content (AvgIpc) is 2.73. The standard InChI is InChI=1S/C16H22N2O3/c1-11-5-4-8-17(9-11)14(19)10-18-15(20)12-6-2-3-7-13(12)16(18)21/h2-3,11-13H,4-10H2,1H3/t11-,12-,13+/m0/s1. The number of imide groups is 1. The molecule has 0 unspecified atom stereocenters. The molecule has 3 rings (SSSR count). The van der Waals surface area contributed by atoms with Crippen molar-refractivity contribution < 1.29 is 14.4 Å². The van der Waals surface area contributed by atoms with Crippen LogP contribution in [0.4, 0.5) is 0 Å². The third kappa shape index (κ3) is 2.61. The molecule has 0 aromatic carbocycles. The molecule has 3 aliphatic rings. The highest BCUT2D eigenvalue weighted by Gasteiger charge is 2.47. The molecule has 5 nitrogen and oxygen atoms in total. The maximum absolute atomic E-state index is 12.4. The van der Waals surface area contributed by atoms with Crippen molar-refractivity contribution in [3.8, 4) is 0 Å². The Morgan fingerprint density at radius 3 is 2.38 bits per heavy atom. The fourth-order valence-corrected chi connectivity index (χ4v) is 3.68. The quantitative estimate of drug-likeness (QED) is 0.567. The molecule has 114 valence electrons. The Morgan fingerprint density at radius 2 is 1.81 bits per heavy atom. The van der Waals surface area contributed by atoms with E-state index in [-0.39, 0.29) is 36.1 Å². The van der Waals surface area contributed by atoms with Crippen LogP contribution in [0.2, 0.25) is 0 Å². The third-order valence-electron chi connectivity index (χ3n) is 4.90. The van der Waals surface area contributed by atoms with Gasteiger partial charge < -0.3 is 4.90 Å². The smallest absolute Gasteiger partial charge is 0.242 e. The van der Waals surface area contributed by atoms with Gasteiger partial charge in [0, 0.05) is 13.1 Å². The summed E-state index contributed by atoms with van der Waals surface area (Å²) in [6.07, 6.45) is 7.32. The van der Waals surface area contributed by atoms with Crippen LogP contribution in [0.1, 0.15) is 32.6 Å². The van der Waals surface area contributed by atoms with E-state index >= 15 is 0 Å². The zero-order valence-electron chi connectivity index (χ0n) is 12.5. The summed E-state index contributed by atoms with van der Waals surface area (Å²) in [7, 11) is 0. The van der Waals surface area contributed by atoms with Gasteiger partial charge in [0.2, 0.25) is 17.7 Å². The number of allylic oxidation sites excluding steroid dienone is 2. The highest BCUT2D eigenvalue weighted by atomic mass is 16.2. The Morgan fingerprint density at radius 1 is 1.19 bits per heavy atom. The summed E-state index contributed by atoms with van der Waals surface area (Å²) in [5.74, 6) is -0.388. The molecule has 2 aliphatic heterocycles. The number of carbonyl (C=O) groups is 3. The predicted octanol–water partition coefficient (Wildman–Crippen LogP) is 1.20. The van der Waals surface area contributed by atoms with E-state index in [4.69, 9.17) is 0 Å². The lowest BCUT2D eigenvalue weighted by atomic mass is 9.85. The second-order valence-electron chi connectivity index (χ2n) is 6.51. The SMILES string of the molecule is C[C@H]1CCCN(C(=O)CN2C(=O)[C@H]3CC=CC[C@H]3C2=O)C1. The van der Waals surface area contributed by atoms with Crippen LogP contribution in [0.3, 0.4) is 0 Å². The number of rotatable bonds is 2. The lowest BCUT2D eigenvalue weighted by molar-refractivity contribution is -0.147. The van der Waals surface area contributed by atoms with E-state index in [1.54, 1.807) is 4.90 Å². The van der Waals surface area contributed by atoms with Gasteiger partial charge in [-0.25, -0.2) is 0 Å². The average molecular weight is 290 g/mol. The minimum absolute atomic E-state index is 0.0720. The van der Waals surface area contributed by atoms with E-state index in [0.717, 1.165) is 25.9 Å². The molecule has 3 atom stereocenters. The van der Waals surface area contributed by atoms with Gasteiger partial charge in [0.05, 0.1) is 11.8 Å². The van der Waals surface area contributed by atoms with Crippen molar-refractivity contribution in [3.05, 3.63) is 12.2 Å². The first-order chi connectivity index (χ1) is 10.1. The van der Waals surface area contributed by atoms with Crippen LogP contribution in [-0.2, 0) is 14.4 Å². The molecule has 5 heteroatoms. The van der Waals surface area contributed by atoms with E-state index < -0.39 is 0 Å². The molecule has 1 aliphatic carbocycles. The zero-order valence-corrected chi connectivity index (χ0v) is 12.5. The van der Waals surface area contributed by atoms with E-state index in [2.05, 4.69) is 6.92 Å². The number of carbonyl (C=O) groups excluding carboxylic acids is 3. The van der Waals surface area contributed by atoms with Crippen LogP contribution >= 0.6 is 0 Å². The van der Waals surface area contributed by atoms with Crippen molar-refractivity contribution in [3.63, 3.8) is 0 Å². The normalized spacial score (nSPS) is 32.5. The first kappa shape index (κ1) is 14.3. The van der Waals surface area contributed by atoms with Gasteiger partial charge in [-0.2, -0.15) is 0 Å². The highest BCUT2D eigenvalue weighted by molar-refractivity contribution is 6.07. The zero-order chi connectivity index (χ0) is 15.0. The molecule has 0 aromatic rings. The van der Waals surface area contributed by atoms with Crippen molar-refractivity contribution in [1.29, 1.82) is 0 Å². The monoisotopic (exact) mass is 290 g/mol. The van der Waals surface area contributed by atoms with E-state index in [0.29, 0.717) is 18.8 Å². The number of hydrogen-bond donors (Lipinski definition) is 0. The minimum atomic E-state index is -0.240. The summed E-state index contributed by atoms with van der Waals surface area (Å²) in [6, 6.07) is 0. The second kappa shape index (κ2) is 5.62. The van der Waals surface area contributed by atoms with Gasteiger partial charge in [0.25, 0.3) is 0 Å². The summed E-state index contributed by atoms with van der Waals surface area (Å²) < 4.78 is 0. The molecule has 2 saturated heterocycles. The maximum atomic E-state index is 12.4. The summed E-state index contributed by atoms with van der Waals surface area (Å²) in [5, 5.41) is 0. The predicted molar refractivity (Wildman–Crippen MR) is 77.1 cm³/mol. The molecule has 21 heavy (non-hydrogen) atoms. The van der Waals surface area contributed by atoms with Crippen molar-refractivity contribution in [1.82, 2.24) is 9.80 Å². The number of fused-ring (bicyclic) bond motifs is 1. The summed E-state index contributed by atoms with van der Waals surface area (Å²) in [6.45, 7) is 3.54. The minimum Gasteiger partial charge on any atom is -0.341 e. The maximum Gasteiger partial charge on any atom is 0.242 e. The molecule has 0 N–H and O–H groups in total. The van der Waals surface area contributed by atoms with Gasteiger partial charge in [0.1, 0.15) is 6.54 Å². The Hall–Kier alpha value is -1.65. The van der Waals surface area contributed by atoms with E-state index in [1.165, 1.54) is 4.90 Å². The van der Waals surface area contributed by atoms with Crippen molar-refractivity contribution in [2.45, 2.75) is 32.6 Å². The lowest BCUT2D eigenvalue weighted by Gasteiger charge is -2.32. The Bertz CT molecular complexity index is 474. The molecule has 0 aromatic heterocycles. The molecule has 0 radical (unpaired) electrons. The van der Waals surface area contributed by atoms with Crippen molar-refractivity contribution in [2.75, 3.05) is 19.6 Å². The molecular weight excluding hydrogens is 268 g/mol. The van der Waals surface area contributed by atoms with Crippen LogP contribution in [0.5, 0.6) is 0 Å². The topological polar surface area (TPSA) is 57.7 Å². The van der Waals surface area contributed by atoms with Gasteiger partial charge in [-0.1, -0.05) is 19.1 Å². The fourth-order valence-electron chi connectivity index (χ4n) is 3.68. The van der Waals surface area contributed by atoms with Crippen LogP contribution in [0.15, 0.2) is 12.2 Å². The molecule has 0 bridgehead atoms. The molecule has 3 amide bonds. The van der Waals surface area contributed by atoms with Crippen LogP contribution < -0.4 is 0 Å². The largest absolute Gasteiger partial charge is 0.341 e. The number of piperidine rings is 1. The molecule has 2 fully saturated rings. The molecule has 2 heterocycles. The highest BCUT2D eigenvalue weighted by Crippen LogP contribution is 2.35. The molecular formula is C16H22N2O3. The molecule has 0 saturated carbocycles. The summed E-state index contributed by atoms with van der Waals surface area (Å²) >= 11 is 0. The van der Waals surface area contributed by atoms with Crippen LogP contribution in [0.25, 0.3) is 0 Å². The lowest BCUT2D eigenvalue weighted by Crippen LogP contribution is -2.46. The Labute approximate surface area is 125 Å². The van der Waals surface area contributed by atoms with Crippen molar-refractivity contribution in [2.24, 2.45) is 17.8 Å². The first-order valence-electron chi connectivity index (χ1n) is 7.86. The Kier molecular flexibility index (Phi) is 3.83. The molecule has 0 spiro atoms. The number of amides is 3. The van der Waals surface area contributed by atoms with Gasteiger partial charge >= 0.3 is 0 Å². The summed E-state index contributed by atoms with van der Waals surface area (Å²) in [5.41, 5.74) is 0. The van der Waals surface area contributed by atoms with Gasteiger partial charge in [-0.05, 0) is 31.6 Å². The van der Waals surface area contributed by atoms with Crippen LogP contribution in [-0.4, -0.2) is 47.2 Å². The van der Waals surface area contributed by atoms with Crippen LogP contribution in [0, 0.1) is 17.8 Å². The third-order valence-corrected chi connectivity index (χ3v) is 4.90. The van der Waals surface area contributed by atoms with E-state index in [9.17, 15) is 14.4 Å².